The van der Waals surface area contributed by atoms with Gasteiger partial charge in [0.15, 0.2) is 6.04 Å². The summed E-state index contributed by atoms with van der Waals surface area (Å²) in [5.41, 5.74) is 3.18. The fraction of sp³-hybridized carbons (Fsp3) is 0.200. The summed E-state index contributed by atoms with van der Waals surface area (Å²) in [6.45, 7) is 5.16. The minimum Gasteiger partial charge on any atom is -0.494 e. The van der Waals surface area contributed by atoms with E-state index in [2.05, 4.69) is 40.8 Å². The maximum Gasteiger partial charge on any atom is 0.408 e. The molecule has 0 saturated heterocycles. The standard InChI is InChI=1S/C35H29NO5/c1-8-24-12-10-14-26(20-24)16-18-28-22-30(31(33(37)40-7)36-34(38)41-35(3,4)5)23-29(32(28)39-6)19-17-27-15-11-13-25(9-2)21-27/h1-2,10-15,20-23,31H,3-7H3,(H,36,38). The van der Waals surface area contributed by atoms with E-state index in [1.165, 1.54) is 14.2 Å². The number of carbonyl (C=O) groups is 2. The quantitative estimate of drug-likeness (QED) is 0.362. The lowest BCUT2D eigenvalue weighted by Crippen LogP contribution is -2.38. The van der Waals surface area contributed by atoms with Crippen molar-refractivity contribution in [2.75, 3.05) is 14.2 Å². The summed E-state index contributed by atoms with van der Waals surface area (Å²) in [5.74, 6) is 17.2. The van der Waals surface area contributed by atoms with Gasteiger partial charge in [-0.1, -0.05) is 47.7 Å². The molecular weight excluding hydrogens is 514 g/mol. The third-order valence-electron chi connectivity index (χ3n) is 5.49. The van der Waals surface area contributed by atoms with Crippen molar-refractivity contribution >= 4 is 12.1 Å². The van der Waals surface area contributed by atoms with E-state index >= 15 is 0 Å². The van der Waals surface area contributed by atoms with E-state index in [1.807, 2.05) is 24.3 Å². The third kappa shape index (κ3) is 8.46. The molecule has 6 heteroatoms. The van der Waals surface area contributed by atoms with Gasteiger partial charge in [0.05, 0.1) is 25.3 Å². The summed E-state index contributed by atoms with van der Waals surface area (Å²) < 4.78 is 16.1. The van der Waals surface area contributed by atoms with E-state index in [1.54, 1.807) is 57.2 Å². The van der Waals surface area contributed by atoms with Crippen LogP contribution in [0.1, 0.15) is 65.8 Å². The molecule has 3 rings (SSSR count). The SMILES string of the molecule is C#Cc1cccc(C#Cc2cc(C(NC(=O)OC(C)(C)C)C(=O)OC)cc(C#Cc3cccc(C#C)c3)c2OC)c1. The second-order valence-corrected chi connectivity index (χ2v) is 9.70. The molecule has 0 aromatic heterocycles. The first-order valence-electron chi connectivity index (χ1n) is 12.5. The smallest absolute Gasteiger partial charge is 0.408 e. The highest BCUT2D eigenvalue weighted by Crippen LogP contribution is 2.29. The molecule has 3 aromatic rings. The van der Waals surface area contributed by atoms with E-state index in [4.69, 9.17) is 27.1 Å². The van der Waals surface area contributed by atoms with E-state index in [0.29, 0.717) is 44.7 Å². The normalized spacial score (nSPS) is 10.7. The topological polar surface area (TPSA) is 73.9 Å². The van der Waals surface area contributed by atoms with Crippen LogP contribution in [0.5, 0.6) is 5.75 Å². The zero-order valence-electron chi connectivity index (χ0n) is 23.5. The fourth-order valence-electron chi connectivity index (χ4n) is 3.70. The Labute approximate surface area is 241 Å². The van der Waals surface area contributed by atoms with Crippen molar-refractivity contribution in [2.24, 2.45) is 0 Å². The Kier molecular flexibility index (Phi) is 9.86. The average Bonchev–Trinajstić information content (AvgIpc) is 2.96. The highest BCUT2D eigenvalue weighted by molar-refractivity contribution is 5.83. The van der Waals surface area contributed by atoms with Crippen LogP contribution < -0.4 is 10.1 Å². The van der Waals surface area contributed by atoms with Gasteiger partial charge in [0.25, 0.3) is 0 Å². The summed E-state index contributed by atoms with van der Waals surface area (Å²) in [5, 5.41) is 2.59. The molecule has 0 aliphatic carbocycles. The lowest BCUT2D eigenvalue weighted by Gasteiger charge is -2.23. The molecule has 0 fully saturated rings. The second kappa shape index (κ2) is 13.5. The minimum atomic E-state index is -1.21. The third-order valence-corrected chi connectivity index (χ3v) is 5.49. The van der Waals surface area contributed by atoms with Crippen LogP contribution in [-0.2, 0) is 14.3 Å². The number of terminal acetylenes is 2. The van der Waals surface area contributed by atoms with Crippen LogP contribution in [0.3, 0.4) is 0 Å². The Hall–Kier alpha value is -5.56. The highest BCUT2D eigenvalue weighted by Gasteiger charge is 2.28. The van der Waals surface area contributed by atoms with Crippen LogP contribution in [0.15, 0.2) is 60.7 Å². The summed E-state index contributed by atoms with van der Waals surface area (Å²) in [7, 11) is 2.73. The Morgan fingerprint density at radius 3 is 1.68 bits per heavy atom. The second-order valence-electron chi connectivity index (χ2n) is 9.70. The number of carbonyl (C=O) groups excluding carboxylic acids is 2. The molecule has 0 saturated carbocycles. The van der Waals surface area contributed by atoms with Gasteiger partial charge in [0, 0.05) is 22.3 Å². The van der Waals surface area contributed by atoms with Gasteiger partial charge >= 0.3 is 12.1 Å². The molecule has 1 unspecified atom stereocenters. The Morgan fingerprint density at radius 1 is 0.780 bits per heavy atom. The number of esters is 1. The first-order chi connectivity index (χ1) is 19.6. The molecule has 41 heavy (non-hydrogen) atoms. The lowest BCUT2D eigenvalue weighted by atomic mass is 9.98. The monoisotopic (exact) mass is 543 g/mol. The van der Waals surface area contributed by atoms with Crippen molar-refractivity contribution in [1.29, 1.82) is 0 Å². The number of alkyl carbamates (subject to hydrolysis) is 1. The molecule has 1 amide bonds. The van der Waals surface area contributed by atoms with E-state index in [0.717, 1.165) is 0 Å². The lowest BCUT2D eigenvalue weighted by molar-refractivity contribution is -0.143. The number of benzene rings is 3. The molecule has 0 aliphatic rings. The molecule has 204 valence electrons. The molecule has 0 spiro atoms. The zero-order chi connectivity index (χ0) is 30.0. The van der Waals surface area contributed by atoms with E-state index < -0.39 is 23.7 Å². The number of rotatable bonds is 4. The molecule has 3 aromatic carbocycles. The van der Waals surface area contributed by atoms with Crippen molar-refractivity contribution in [3.05, 3.63) is 99.6 Å². The van der Waals surface area contributed by atoms with Crippen LogP contribution in [0.25, 0.3) is 0 Å². The van der Waals surface area contributed by atoms with Gasteiger partial charge in [-0.05, 0) is 74.9 Å². The average molecular weight is 544 g/mol. The summed E-state index contributed by atoms with van der Waals surface area (Å²) in [6.07, 6.45) is 10.3. The molecule has 0 heterocycles. The van der Waals surface area contributed by atoms with Gasteiger partial charge in [-0.3, -0.25) is 0 Å². The molecule has 0 aliphatic heterocycles. The largest absolute Gasteiger partial charge is 0.494 e. The Morgan fingerprint density at radius 2 is 1.27 bits per heavy atom. The molecule has 1 atom stereocenters. The molecule has 6 nitrogen and oxygen atoms in total. The Balaban J connectivity index is 2.21. The zero-order valence-corrected chi connectivity index (χ0v) is 23.5. The predicted molar refractivity (Wildman–Crippen MR) is 158 cm³/mol. The minimum absolute atomic E-state index is 0.367. The first-order valence-corrected chi connectivity index (χ1v) is 12.5. The van der Waals surface area contributed by atoms with Gasteiger partial charge in [0.1, 0.15) is 11.4 Å². The first kappa shape index (κ1) is 30.0. The number of hydrogen-bond donors (Lipinski definition) is 1. The van der Waals surface area contributed by atoms with Gasteiger partial charge in [-0.25, -0.2) is 9.59 Å². The van der Waals surface area contributed by atoms with Crippen LogP contribution in [-0.4, -0.2) is 31.9 Å². The number of nitrogens with one attached hydrogen (secondary N) is 1. The van der Waals surface area contributed by atoms with Crippen LogP contribution in [0.4, 0.5) is 4.79 Å². The molecular formula is C35H29NO5. The number of methoxy groups -OCH3 is 2. The van der Waals surface area contributed by atoms with Crippen molar-refractivity contribution in [2.45, 2.75) is 32.4 Å². The molecule has 0 bridgehead atoms. The number of ether oxygens (including phenoxy) is 3. The summed E-state index contributed by atoms with van der Waals surface area (Å²) >= 11 is 0. The predicted octanol–water partition coefficient (Wildman–Crippen LogP) is 5.20. The van der Waals surface area contributed by atoms with Crippen LogP contribution in [0, 0.1) is 48.4 Å². The Bertz CT molecular complexity index is 1580. The van der Waals surface area contributed by atoms with Gasteiger partial charge in [0.2, 0.25) is 0 Å². The highest BCUT2D eigenvalue weighted by atomic mass is 16.6. The maximum atomic E-state index is 12.9. The van der Waals surface area contributed by atoms with Gasteiger partial charge in [-0.15, -0.1) is 12.8 Å². The van der Waals surface area contributed by atoms with Crippen LogP contribution in [0.2, 0.25) is 0 Å². The van der Waals surface area contributed by atoms with Gasteiger partial charge in [-0.2, -0.15) is 0 Å². The van der Waals surface area contributed by atoms with Crippen molar-refractivity contribution in [3.8, 4) is 54.1 Å². The summed E-state index contributed by atoms with van der Waals surface area (Å²) in [4.78, 5) is 25.5. The molecule has 1 N–H and O–H groups in total. The van der Waals surface area contributed by atoms with Gasteiger partial charge < -0.3 is 19.5 Å². The van der Waals surface area contributed by atoms with Crippen LogP contribution >= 0.6 is 0 Å². The van der Waals surface area contributed by atoms with Crippen molar-refractivity contribution < 1.29 is 23.8 Å². The summed E-state index contributed by atoms with van der Waals surface area (Å²) in [6, 6.07) is 16.5. The van der Waals surface area contributed by atoms with E-state index in [-0.39, 0.29) is 0 Å². The van der Waals surface area contributed by atoms with Crippen molar-refractivity contribution in [1.82, 2.24) is 5.32 Å². The van der Waals surface area contributed by atoms with Crippen molar-refractivity contribution in [3.63, 3.8) is 0 Å². The molecule has 0 radical (unpaired) electrons. The number of amides is 1. The maximum absolute atomic E-state index is 12.9. The number of hydrogen-bond acceptors (Lipinski definition) is 5. The fourth-order valence-corrected chi connectivity index (χ4v) is 3.70. The van der Waals surface area contributed by atoms with E-state index in [9.17, 15) is 9.59 Å².